The van der Waals surface area contributed by atoms with Crippen LogP contribution in [0.1, 0.15) is 18.2 Å². The predicted molar refractivity (Wildman–Crippen MR) is 80.8 cm³/mol. The zero-order valence-corrected chi connectivity index (χ0v) is 12.6. The molecule has 0 saturated carbocycles. The van der Waals surface area contributed by atoms with Crippen molar-refractivity contribution in [3.8, 4) is 22.3 Å². The SMILES string of the molecule is CCC(=O)NCc1ccc(-c2noc(-c3cnccn3)n2)s1. The quantitative estimate of drug-likeness (QED) is 0.776. The summed E-state index contributed by atoms with van der Waals surface area (Å²) in [6.45, 7) is 2.33. The van der Waals surface area contributed by atoms with Gasteiger partial charge in [-0.1, -0.05) is 12.1 Å². The summed E-state index contributed by atoms with van der Waals surface area (Å²) in [5.74, 6) is 0.857. The van der Waals surface area contributed by atoms with Crippen LogP contribution in [0, 0.1) is 0 Å². The van der Waals surface area contributed by atoms with Crippen LogP contribution < -0.4 is 5.32 Å². The van der Waals surface area contributed by atoms with E-state index in [2.05, 4.69) is 25.4 Å². The Labute approximate surface area is 130 Å². The van der Waals surface area contributed by atoms with Crippen LogP contribution >= 0.6 is 11.3 Å². The van der Waals surface area contributed by atoms with E-state index in [4.69, 9.17) is 4.52 Å². The van der Waals surface area contributed by atoms with E-state index in [-0.39, 0.29) is 5.91 Å². The molecule has 22 heavy (non-hydrogen) atoms. The van der Waals surface area contributed by atoms with E-state index in [0.717, 1.165) is 9.75 Å². The van der Waals surface area contributed by atoms with E-state index in [1.165, 1.54) is 11.3 Å². The van der Waals surface area contributed by atoms with E-state index in [1.807, 2.05) is 19.1 Å². The maximum Gasteiger partial charge on any atom is 0.278 e. The van der Waals surface area contributed by atoms with Gasteiger partial charge in [0.05, 0.1) is 17.6 Å². The third-order valence-electron chi connectivity index (χ3n) is 2.87. The summed E-state index contributed by atoms with van der Waals surface area (Å²) in [5, 5.41) is 6.79. The van der Waals surface area contributed by atoms with Gasteiger partial charge in [0, 0.05) is 23.7 Å². The molecule has 1 amide bonds. The zero-order chi connectivity index (χ0) is 15.4. The third kappa shape index (κ3) is 3.17. The second-order valence-electron chi connectivity index (χ2n) is 4.41. The summed E-state index contributed by atoms with van der Waals surface area (Å²) in [6.07, 6.45) is 5.19. The van der Waals surface area contributed by atoms with Gasteiger partial charge in [0.25, 0.3) is 5.89 Å². The fraction of sp³-hybridized carbons (Fsp3) is 0.214. The number of thiophene rings is 1. The highest BCUT2D eigenvalue weighted by molar-refractivity contribution is 7.15. The van der Waals surface area contributed by atoms with Gasteiger partial charge in [-0.05, 0) is 12.1 Å². The number of aromatic nitrogens is 4. The van der Waals surface area contributed by atoms with Gasteiger partial charge < -0.3 is 9.84 Å². The first-order chi connectivity index (χ1) is 10.8. The Morgan fingerprint density at radius 3 is 3.05 bits per heavy atom. The molecule has 0 aliphatic rings. The van der Waals surface area contributed by atoms with Crippen LogP contribution in [0.3, 0.4) is 0 Å². The number of hydrogen-bond donors (Lipinski definition) is 1. The van der Waals surface area contributed by atoms with Crippen molar-refractivity contribution in [3.05, 3.63) is 35.6 Å². The van der Waals surface area contributed by atoms with Crippen LogP contribution in [-0.2, 0) is 11.3 Å². The Bertz CT molecular complexity index is 768. The van der Waals surface area contributed by atoms with Gasteiger partial charge in [-0.25, -0.2) is 4.98 Å². The number of carbonyl (C=O) groups excluding carboxylic acids is 1. The lowest BCUT2D eigenvalue weighted by Crippen LogP contribution is -2.20. The largest absolute Gasteiger partial charge is 0.351 e. The maximum absolute atomic E-state index is 11.3. The van der Waals surface area contributed by atoms with Gasteiger partial charge in [0.15, 0.2) is 0 Å². The Balaban J connectivity index is 1.74. The lowest BCUT2D eigenvalue weighted by molar-refractivity contribution is -0.120. The van der Waals surface area contributed by atoms with E-state index in [1.54, 1.807) is 18.6 Å². The molecule has 0 saturated heterocycles. The molecule has 0 spiro atoms. The van der Waals surface area contributed by atoms with Crippen LogP contribution in [0.15, 0.2) is 35.2 Å². The van der Waals surface area contributed by atoms with Gasteiger partial charge in [0.2, 0.25) is 11.7 Å². The first kappa shape index (κ1) is 14.3. The molecular weight excluding hydrogens is 302 g/mol. The van der Waals surface area contributed by atoms with Crippen LogP contribution in [0.2, 0.25) is 0 Å². The highest BCUT2D eigenvalue weighted by Crippen LogP contribution is 2.27. The topological polar surface area (TPSA) is 93.8 Å². The molecule has 0 radical (unpaired) electrons. The number of carbonyl (C=O) groups is 1. The molecule has 0 atom stereocenters. The third-order valence-corrected chi connectivity index (χ3v) is 3.95. The molecule has 0 aromatic carbocycles. The molecule has 0 aliphatic carbocycles. The number of rotatable bonds is 5. The zero-order valence-electron chi connectivity index (χ0n) is 11.8. The number of hydrogen-bond acceptors (Lipinski definition) is 7. The summed E-state index contributed by atoms with van der Waals surface area (Å²) in [6, 6.07) is 3.84. The van der Waals surface area contributed by atoms with E-state index in [9.17, 15) is 4.79 Å². The minimum atomic E-state index is 0.0273. The van der Waals surface area contributed by atoms with Crippen molar-refractivity contribution in [1.29, 1.82) is 0 Å². The van der Waals surface area contributed by atoms with Crippen molar-refractivity contribution >= 4 is 17.2 Å². The van der Waals surface area contributed by atoms with E-state index < -0.39 is 0 Å². The van der Waals surface area contributed by atoms with E-state index >= 15 is 0 Å². The molecule has 0 unspecified atom stereocenters. The molecule has 8 heteroatoms. The molecule has 7 nitrogen and oxygen atoms in total. The minimum absolute atomic E-state index is 0.0273. The minimum Gasteiger partial charge on any atom is -0.351 e. The summed E-state index contributed by atoms with van der Waals surface area (Å²) < 4.78 is 5.20. The Kier molecular flexibility index (Phi) is 4.19. The lowest BCUT2D eigenvalue weighted by atomic mass is 10.4. The molecule has 0 bridgehead atoms. The standard InChI is InChI=1S/C14H13N5O2S/c1-2-12(20)17-7-9-3-4-11(22-9)13-18-14(21-19-13)10-8-15-5-6-16-10/h3-6,8H,2,7H2,1H3,(H,17,20). The van der Waals surface area contributed by atoms with Crippen molar-refractivity contribution in [2.75, 3.05) is 0 Å². The molecule has 1 N–H and O–H groups in total. The van der Waals surface area contributed by atoms with Crippen molar-refractivity contribution in [2.24, 2.45) is 0 Å². The van der Waals surface area contributed by atoms with Crippen molar-refractivity contribution in [2.45, 2.75) is 19.9 Å². The van der Waals surface area contributed by atoms with Crippen molar-refractivity contribution in [3.63, 3.8) is 0 Å². The number of nitrogens with one attached hydrogen (secondary N) is 1. The molecule has 3 aromatic heterocycles. The van der Waals surface area contributed by atoms with Crippen molar-refractivity contribution < 1.29 is 9.32 Å². The average Bonchev–Trinajstić information content (AvgIpc) is 3.22. The highest BCUT2D eigenvalue weighted by atomic mass is 32.1. The van der Waals surface area contributed by atoms with Gasteiger partial charge in [-0.3, -0.25) is 9.78 Å². The van der Waals surface area contributed by atoms with Crippen LogP contribution in [-0.4, -0.2) is 26.0 Å². The summed E-state index contributed by atoms with van der Waals surface area (Å²) in [4.78, 5) is 25.6. The Hall–Kier alpha value is -2.61. The summed E-state index contributed by atoms with van der Waals surface area (Å²) in [7, 11) is 0. The molecular formula is C14H13N5O2S. The fourth-order valence-corrected chi connectivity index (χ4v) is 2.61. The molecule has 3 rings (SSSR count). The predicted octanol–water partition coefficient (Wildman–Crippen LogP) is 2.28. The Morgan fingerprint density at radius 2 is 2.27 bits per heavy atom. The fourth-order valence-electron chi connectivity index (χ4n) is 1.74. The first-order valence-electron chi connectivity index (χ1n) is 6.72. The first-order valence-corrected chi connectivity index (χ1v) is 7.54. The van der Waals surface area contributed by atoms with Crippen molar-refractivity contribution in [1.82, 2.24) is 25.4 Å². The van der Waals surface area contributed by atoms with Gasteiger partial charge in [-0.2, -0.15) is 4.98 Å². The van der Waals surface area contributed by atoms with Gasteiger partial charge >= 0.3 is 0 Å². The number of amides is 1. The van der Waals surface area contributed by atoms with E-state index in [0.29, 0.717) is 30.4 Å². The average molecular weight is 315 g/mol. The molecule has 0 fully saturated rings. The highest BCUT2D eigenvalue weighted by Gasteiger charge is 2.13. The monoisotopic (exact) mass is 315 g/mol. The molecule has 0 aliphatic heterocycles. The number of nitrogens with zero attached hydrogens (tertiary/aromatic N) is 4. The Morgan fingerprint density at radius 1 is 1.36 bits per heavy atom. The normalized spacial score (nSPS) is 10.6. The second kappa shape index (κ2) is 6.44. The van der Waals surface area contributed by atoms with Crippen LogP contribution in [0.25, 0.3) is 22.3 Å². The molecule has 3 aromatic rings. The lowest BCUT2D eigenvalue weighted by Gasteiger charge is -1.99. The van der Waals surface area contributed by atoms with Gasteiger partial charge in [0.1, 0.15) is 5.69 Å². The molecule has 3 heterocycles. The second-order valence-corrected chi connectivity index (χ2v) is 5.58. The van der Waals surface area contributed by atoms with Gasteiger partial charge in [-0.15, -0.1) is 11.3 Å². The summed E-state index contributed by atoms with van der Waals surface area (Å²) in [5.41, 5.74) is 0.535. The summed E-state index contributed by atoms with van der Waals surface area (Å²) >= 11 is 1.51. The maximum atomic E-state index is 11.3. The molecule has 112 valence electrons. The van der Waals surface area contributed by atoms with Crippen LogP contribution in [0.4, 0.5) is 0 Å². The van der Waals surface area contributed by atoms with Crippen LogP contribution in [0.5, 0.6) is 0 Å². The smallest absolute Gasteiger partial charge is 0.278 e.